The van der Waals surface area contributed by atoms with E-state index in [4.69, 9.17) is 13.8 Å². The van der Waals surface area contributed by atoms with E-state index in [2.05, 4.69) is 70.2 Å². The van der Waals surface area contributed by atoms with Crippen LogP contribution in [0.5, 0.6) is 0 Å². The number of aromatic nitrogens is 1. The molecule has 0 aliphatic carbocycles. The number of hydrogen-bond donors (Lipinski definition) is 0. The van der Waals surface area contributed by atoms with Crippen molar-refractivity contribution in [2.75, 3.05) is 0 Å². The molecular formula is C31H27NO2. The lowest BCUT2D eigenvalue weighted by Gasteiger charge is -2.22. The SMILES string of the molecule is Cc1oc2ccccc2c1-c1oc2c(-c3cc(C(C)(C)C)c4ccccc4c3)nccc2c1C. The molecule has 3 aromatic heterocycles. The van der Waals surface area contributed by atoms with Gasteiger partial charge in [0.25, 0.3) is 0 Å². The number of benzene rings is 3. The number of para-hydroxylation sites is 1. The van der Waals surface area contributed by atoms with Gasteiger partial charge < -0.3 is 8.83 Å². The zero-order chi connectivity index (χ0) is 23.6. The van der Waals surface area contributed by atoms with Gasteiger partial charge in [0.1, 0.15) is 22.8 Å². The molecule has 0 atom stereocenters. The van der Waals surface area contributed by atoms with Gasteiger partial charge in [-0.3, -0.25) is 4.98 Å². The number of nitrogens with zero attached hydrogens (tertiary/aromatic N) is 1. The summed E-state index contributed by atoms with van der Waals surface area (Å²) in [6.45, 7) is 10.9. The van der Waals surface area contributed by atoms with Crippen LogP contribution in [-0.4, -0.2) is 4.98 Å². The molecule has 3 aromatic carbocycles. The summed E-state index contributed by atoms with van der Waals surface area (Å²) in [5, 5.41) is 4.64. The summed E-state index contributed by atoms with van der Waals surface area (Å²) in [6.07, 6.45) is 1.89. The standard InChI is InChI=1S/C31H27NO2/c1-18-22-14-15-32-28(21-16-20-10-6-7-11-23(20)25(17-21)31(3,4)5)30(22)34-29(18)27-19(2)33-26-13-9-8-12-24(26)27/h6-17H,1-5H3. The van der Waals surface area contributed by atoms with Crippen molar-refractivity contribution in [2.24, 2.45) is 0 Å². The van der Waals surface area contributed by atoms with E-state index in [0.29, 0.717) is 0 Å². The Hall–Kier alpha value is -3.85. The summed E-state index contributed by atoms with van der Waals surface area (Å²) in [6, 6.07) is 23.2. The molecule has 0 spiro atoms. The van der Waals surface area contributed by atoms with Crippen LogP contribution in [0.3, 0.4) is 0 Å². The summed E-state index contributed by atoms with van der Waals surface area (Å²) < 4.78 is 12.7. The lowest BCUT2D eigenvalue weighted by Crippen LogP contribution is -2.12. The van der Waals surface area contributed by atoms with Gasteiger partial charge in [0.05, 0.1) is 5.56 Å². The minimum atomic E-state index is 0.000566. The molecule has 0 amide bonds. The Labute approximate surface area is 199 Å². The molecule has 6 rings (SSSR count). The van der Waals surface area contributed by atoms with Crippen LogP contribution in [0.2, 0.25) is 0 Å². The molecule has 0 radical (unpaired) electrons. The molecule has 0 bridgehead atoms. The third-order valence-electron chi connectivity index (χ3n) is 6.80. The van der Waals surface area contributed by atoms with Gasteiger partial charge in [-0.25, -0.2) is 0 Å². The third-order valence-corrected chi connectivity index (χ3v) is 6.80. The minimum Gasteiger partial charge on any atom is -0.461 e. The molecule has 0 aliphatic rings. The second-order valence-corrected chi connectivity index (χ2v) is 10.1. The smallest absolute Gasteiger partial charge is 0.161 e. The van der Waals surface area contributed by atoms with Crippen molar-refractivity contribution >= 4 is 32.7 Å². The van der Waals surface area contributed by atoms with E-state index in [1.54, 1.807) is 0 Å². The van der Waals surface area contributed by atoms with Gasteiger partial charge in [-0.2, -0.15) is 0 Å². The molecule has 0 N–H and O–H groups in total. The highest BCUT2D eigenvalue weighted by molar-refractivity contribution is 6.02. The summed E-state index contributed by atoms with van der Waals surface area (Å²) in [7, 11) is 0. The van der Waals surface area contributed by atoms with Gasteiger partial charge in [-0.1, -0.05) is 63.2 Å². The highest BCUT2D eigenvalue weighted by Crippen LogP contribution is 2.43. The highest BCUT2D eigenvalue weighted by atomic mass is 16.4. The number of pyridine rings is 1. The molecule has 0 saturated carbocycles. The van der Waals surface area contributed by atoms with E-state index in [1.165, 1.54) is 16.3 Å². The lowest BCUT2D eigenvalue weighted by atomic mass is 9.82. The first kappa shape index (κ1) is 20.7. The lowest BCUT2D eigenvalue weighted by molar-refractivity contribution is 0.573. The van der Waals surface area contributed by atoms with Gasteiger partial charge in [0, 0.05) is 28.1 Å². The molecule has 34 heavy (non-hydrogen) atoms. The monoisotopic (exact) mass is 445 g/mol. The Bertz CT molecular complexity index is 1710. The number of fused-ring (bicyclic) bond motifs is 3. The van der Waals surface area contributed by atoms with Crippen molar-refractivity contribution in [3.63, 3.8) is 0 Å². The van der Waals surface area contributed by atoms with E-state index >= 15 is 0 Å². The molecular weight excluding hydrogens is 418 g/mol. The maximum absolute atomic E-state index is 6.63. The van der Waals surface area contributed by atoms with Crippen LogP contribution < -0.4 is 0 Å². The molecule has 0 unspecified atom stereocenters. The second kappa shape index (κ2) is 7.33. The number of furan rings is 2. The number of hydrogen-bond acceptors (Lipinski definition) is 3. The first-order valence-corrected chi connectivity index (χ1v) is 11.7. The van der Waals surface area contributed by atoms with Crippen molar-refractivity contribution in [1.29, 1.82) is 0 Å². The summed E-state index contributed by atoms with van der Waals surface area (Å²) in [5.74, 6) is 1.71. The van der Waals surface area contributed by atoms with Crippen molar-refractivity contribution in [3.05, 3.63) is 89.8 Å². The molecule has 0 saturated heterocycles. The van der Waals surface area contributed by atoms with Gasteiger partial charge in [-0.15, -0.1) is 0 Å². The van der Waals surface area contributed by atoms with Crippen LogP contribution in [-0.2, 0) is 5.41 Å². The Morgan fingerprint density at radius 2 is 1.50 bits per heavy atom. The quantitative estimate of drug-likeness (QED) is 0.267. The second-order valence-electron chi connectivity index (χ2n) is 10.1. The highest BCUT2D eigenvalue weighted by Gasteiger charge is 2.24. The minimum absolute atomic E-state index is 0.000566. The Balaban J connectivity index is 1.64. The van der Waals surface area contributed by atoms with Crippen LogP contribution in [0.4, 0.5) is 0 Å². The van der Waals surface area contributed by atoms with Gasteiger partial charge in [0.15, 0.2) is 5.58 Å². The maximum atomic E-state index is 6.63. The number of rotatable bonds is 2. The van der Waals surface area contributed by atoms with Crippen molar-refractivity contribution in [2.45, 2.75) is 40.0 Å². The molecule has 0 aliphatic heterocycles. The van der Waals surface area contributed by atoms with Crippen LogP contribution in [0, 0.1) is 13.8 Å². The fourth-order valence-corrected chi connectivity index (χ4v) is 5.11. The molecule has 6 aromatic rings. The molecule has 3 nitrogen and oxygen atoms in total. The first-order chi connectivity index (χ1) is 16.3. The summed E-state index contributed by atoms with van der Waals surface area (Å²) in [5.41, 5.74) is 7.05. The Morgan fingerprint density at radius 3 is 2.29 bits per heavy atom. The Morgan fingerprint density at radius 1 is 0.765 bits per heavy atom. The van der Waals surface area contributed by atoms with Crippen molar-refractivity contribution in [1.82, 2.24) is 4.98 Å². The van der Waals surface area contributed by atoms with Gasteiger partial charge >= 0.3 is 0 Å². The fraction of sp³-hybridized carbons (Fsp3) is 0.194. The Kier molecular flexibility index (Phi) is 4.47. The van der Waals surface area contributed by atoms with Crippen LogP contribution in [0.15, 0.2) is 81.8 Å². The molecule has 0 fully saturated rings. The van der Waals surface area contributed by atoms with Crippen LogP contribution >= 0.6 is 0 Å². The van der Waals surface area contributed by atoms with Crippen LogP contribution in [0.1, 0.15) is 37.7 Å². The van der Waals surface area contributed by atoms with E-state index in [1.807, 2.05) is 37.4 Å². The van der Waals surface area contributed by atoms with E-state index < -0.39 is 0 Å². The fourth-order valence-electron chi connectivity index (χ4n) is 5.11. The van der Waals surface area contributed by atoms with Crippen LogP contribution in [0.25, 0.3) is 55.3 Å². The van der Waals surface area contributed by atoms with E-state index in [-0.39, 0.29) is 5.41 Å². The largest absolute Gasteiger partial charge is 0.461 e. The zero-order valence-electron chi connectivity index (χ0n) is 20.2. The van der Waals surface area contributed by atoms with Crippen molar-refractivity contribution in [3.8, 4) is 22.6 Å². The molecule has 168 valence electrons. The summed E-state index contributed by atoms with van der Waals surface area (Å²) >= 11 is 0. The zero-order valence-corrected chi connectivity index (χ0v) is 20.2. The molecule has 3 heteroatoms. The van der Waals surface area contributed by atoms with E-state index in [0.717, 1.165) is 55.8 Å². The third kappa shape index (κ3) is 3.07. The predicted molar refractivity (Wildman–Crippen MR) is 140 cm³/mol. The molecule has 3 heterocycles. The number of aryl methyl sites for hydroxylation is 2. The average molecular weight is 446 g/mol. The summed E-state index contributed by atoms with van der Waals surface area (Å²) in [4.78, 5) is 4.81. The average Bonchev–Trinajstić information content (AvgIpc) is 3.33. The van der Waals surface area contributed by atoms with Gasteiger partial charge in [-0.05, 0) is 59.9 Å². The predicted octanol–water partition coefficient (Wildman–Crippen LogP) is 8.98. The maximum Gasteiger partial charge on any atom is 0.161 e. The van der Waals surface area contributed by atoms with Crippen molar-refractivity contribution < 1.29 is 8.83 Å². The first-order valence-electron chi connectivity index (χ1n) is 11.7. The topological polar surface area (TPSA) is 39.2 Å². The van der Waals surface area contributed by atoms with E-state index in [9.17, 15) is 0 Å². The normalized spacial score (nSPS) is 12.3. The van der Waals surface area contributed by atoms with Gasteiger partial charge in [0.2, 0.25) is 0 Å².